The standard InChI is InChI=1S/C18H23N5/c1-2-11-22(12-3-1)18-20-10-8-17(21-18)23-13-5-7-16(23)15-6-4-9-19-14-15/h4,6,8-10,14,16H,1-3,5,7,11-13H2. The van der Waals surface area contributed by atoms with Crippen molar-refractivity contribution < 1.29 is 0 Å². The summed E-state index contributed by atoms with van der Waals surface area (Å²) in [6.45, 7) is 3.21. The molecule has 2 aromatic rings. The number of pyridine rings is 1. The molecule has 0 N–H and O–H groups in total. The third kappa shape index (κ3) is 3.00. The SMILES string of the molecule is c1cncc(C2CCCN2c2ccnc(N3CCCCC3)n2)c1. The lowest BCUT2D eigenvalue weighted by Gasteiger charge is -2.29. The van der Waals surface area contributed by atoms with Crippen LogP contribution < -0.4 is 9.80 Å². The average molecular weight is 309 g/mol. The second-order valence-corrected chi connectivity index (χ2v) is 6.40. The summed E-state index contributed by atoms with van der Waals surface area (Å²) in [5, 5.41) is 0. The number of hydrogen-bond acceptors (Lipinski definition) is 5. The average Bonchev–Trinajstić information content (AvgIpc) is 3.13. The van der Waals surface area contributed by atoms with Crippen molar-refractivity contribution in [1.82, 2.24) is 15.0 Å². The number of piperidine rings is 1. The molecule has 0 aromatic carbocycles. The van der Waals surface area contributed by atoms with Crippen molar-refractivity contribution in [2.24, 2.45) is 0 Å². The van der Waals surface area contributed by atoms with Gasteiger partial charge < -0.3 is 9.80 Å². The van der Waals surface area contributed by atoms with E-state index in [9.17, 15) is 0 Å². The van der Waals surface area contributed by atoms with E-state index in [1.165, 1.54) is 31.2 Å². The van der Waals surface area contributed by atoms with E-state index in [0.717, 1.165) is 37.8 Å². The first kappa shape index (κ1) is 14.4. The lowest BCUT2D eigenvalue weighted by Crippen LogP contribution is -2.32. The first-order valence-corrected chi connectivity index (χ1v) is 8.66. The van der Waals surface area contributed by atoms with Crippen LogP contribution in [0.1, 0.15) is 43.7 Å². The van der Waals surface area contributed by atoms with Crippen molar-refractivity contribution in [3.05, 3.63) is 42.4 Å². The van der Waals surface area contributed by atoms with Gasteiger partial charge in [-0.2, -0.15) is 4.98 Å². The molecule has 120 valence electrons. The van der Waals surface area contributed by atoms with Crippen LogP contribution >= 0.6 is 0 Å². The topological polar surface area (TPSA) is 45.2 Å². The minimum absolute atomic E-state index is 0.382. The molecule has 4 heterocycles. The number of aromatic nitrogens is 3. The molecule has 23 heavy (non-hydrogen) atoms. The van der Waals surface area contributed by atoms with Gasteiger partial charge in [0.1, 0.15) is 5.82 Å². The van der Waals surface area contributed by atoms with Crippen molar-refractivity contribution in [2.75, 3.05) is 29.4 Å². The molecule has 4 rings (SSSR count). The van der Waals surface area contributed by atoms with Crippen LogP contribution in [-0.2, 0) is 0 Å². The maximum atomic E-state index is 4.87. The first-order chi connectivity index (χ1) is 11.4. The van der Waals surface area contributed by atoms with E-state index in [2.05, 4.69) is 25.8 Å². The molecular formula is C18H23N5. The van der Waals surface area contributed by atoms with Gasteiger partial charge in [0.2, 0.25) is 5.95 Å². The number of rotatable bonds is 3. The summed E-state index contributed by atoms with van der Waals surface area (Å²) in [5.74, 6) is 1.94. The zero-order valence-electron chi connectivity index (χ0n) is 13.4. The van der Waals surface area contributed by atoms with Crippen LogP contribution in [0, 0.1) is 0 Å². The first-order valence-electron chi connectivity index (χ1n) is 8.66. The van der Waals surface area contributed by atoms with Gasteiger partial charge in [0.15, 0.2) is 0 Å². The monoisotopic (exact) mass is 309 g/mol. The Labute approximate surface area is 137 Å². The highest BCUT2D eigenvalue weighted by Gasteiger charge is 2.28. The molecule has 2 aliphatic heterocycles. The summed E-state index contributed by atoms with van der Waals surface area (Å²) in [6.07, 6.45) is 11.9. The number of nitrogens with zero attached hydrogens (tertiary/aromatic N) is 5. The molecule has 0 spiro atoms. The molecule has 5 heteroatoms. The zero-order chi connectivity index (χ0) is 15.5. The summed E-state index contributed by atoms with van der Waals surface area (Å²) in [4.78, 5) is 18.4. The Morgan fingerprint density at radius 2 is 1.87 bits per heavy atom. The van der Waals surface area contributed by atoms with Gasteiger partial charge in [-0.1, -0.05) is 6.07 Å². The smallest absolute Gasteiger partial charge is 0.227 e. The van der Waals surface area contributed by atoms with E-state index in [0.29, 0.717) is 6.04 Å². The Kier molecular flexibility index (Phi) is 4.09. The van der Waals surface area contributed by atoms with E-state index < -0.39 is 0 Å². The molecule has 1 unspecified atom stereocenters. The predicted octanol–water partition coefficient (Wildman–Crippen LogP) is 3.20. The van der Waals surface area contributed by atoms with Gasteiger partial charge in [0.25, 0.3) is 0 Å². The Hall–Kier alpha value is -2.17. The second kappa shape index (κ2) is 6.52. The van der Waals surface area contributed by atoms with Crippen LogP contribution in [0.25, 0.3) is 0 Å². The van der Waals surface area contributed by atoms with Crippen LogP contribution in [0.15, 0.2) is 36.8 Å². The van der Waals surface area contributed by atoms with Crippen molar-refractivity contribution in [1.29, 1.82) is 0 Å². The lowest BCUT2D eigenvalue weighted by atomic mass is 10.1. The fraction of sp³-hybridized carbons (Fsp3) is 0.500. The Morgan fingerprint density at radius 3 is 2.70 bits per heavy atom. The number of anilines is 2. The number of hydrogen-bond donors (Lipinski definition) is 0. The lowest BCUT2D eigenvalue weighted by molar-refractivity contribution is 0.567. The van der Waals surface area contributed by atoms with E-state index in [-0.39, 0.29) is 0 Å². The van der Waals surface area contributed by atoms with Gasteiger partial charge in [-0.05, 0) is 49.8 Å². The maximum absolute atomic E-state index is 4.87. The molecule has 5 nitrogen and oxygen atoms in total. The molecule has 0 radical (unpaired) electrons. The summed E-state index contributed by atoms with van der Waals surface area (Å²) in [6, 6.07) is 6.61. The fourth-order valence-corrected chi connectivity index (χ4v) is 3.71. The quantitative estimate of drug-likeness (QED) is 0.871. The van der Waals surface area contributed by atoms with Crippen LogP contribution in [0.2, 0.25) is 0 Å². The predicted molar refractivity (Wildman–Crippen MR) is 91.7 cm³/mol. The molecule has 2 aliphatic rings. The van der Waals surface area contributed by atoms with Crippen LogP contribution in [0.5, 0.6) is 0 Å². The molecule has 2 aromatic heterocycles. The summed E-state index contributed by atoms with van der Waals surface area (Å²) < 4.78 is 0. The zero-order valence-corrected chi connectivity index (χ0v) is 13.4. The molecule has 0 saturated carbocycles. The Morgan fingerprint density at radius 1 is 0.957 bits per heavy atom. The third-order valence-corrected chi connectivity index (χ3v) is 4.88. The van der Waals surface area contributed by atoms with Crippen molar-refractivity contribution in [3.8, 4) is 0 Å². The van der Waals surface area contributed by atoms with Crippen LogP contribution in [-0.4, -0.2) is 34.6 Å². The Bertz CT molecular complexity index is 639. The van der Waals surface area contributed by atoms with Gasteiger partial charge >= 0.3 is 0 Å². The largest absolute Gasteiger partial charge is 0.349 e. The van der Waals surface area contributed by atoms with E-state index in [1.54, 1.807) is 0 Å². The molecule has 0 aliphatic carbocycles. The van der Waals surface area contributed by atoms with Gasteiger partial charge in [-0.3, -0.25) is 4.98 Å². The molecule has 2 saturated heterocycles. The highest BCUT2D eigenvalue weighted by atomic mass is 15.3. The summed E-state index contributed by atoms with van der Waals surface area (Å²) in [5.41, 5.74) is 1.28. The van der Waals surface area contributed by atoms with E-state index in [1.807, 2.05) is 30.7 Å². The Balaban J connectivity index is 1.59. The molecular weight excluding hydrogens is 286 g/mol. The van der Waals surface area contributed by atoms with Gasteiger partial charge in [0, 0.05) is 38.2 Å². The van der Waals surface area contributed by atoms with E-state index >= 15 is 0 Å². The molecule has 0 bridgehead atoms. The summed E-state index contributed by atoms with van der Waals surface area (Å²) in [7, 11) is 0. The van der Waals surface area contributed by atoms with Gasteiger partial charge in [-0.25, -0.2) is 4.98 Å². The normalized spacial score (nSPS) is 21.7. The second-order valence-electron chi connectivity index (χ2n) is 6.40. The van der Waals surface area contributed by atoms with Gasteiger partial charge in [0.05, 0.1) is 6.04 Å². The highest BCUT2D eigenvalue weighted by molar-refractivity contribution is 5.47. The fourth-order valence-electron chi connectivity index (χ4n) is 3.71. The highest BCUT2D eigenvalue weighted by Crippen LogP contribution is 2.35. The van der Waals surface area contributed by atoms with Crippen molar-refractivity contribution in [3.63, 3.8) is 0 Å². The van der Waals surface area contributed by atoms with Gasteiger partial charge in [-0.15, -0.1) is 0 Å². The maximum Gasteiger partial charge on any atom is 0.227 e. The molecule has 2 fully saturated rings. The molecule has 0 amide bonds. The minimum atomic E-state index is 0.382. The molecule has 1 atom stereocenters. The summed E-state index contributed by atoms with van der Waals surface area (Å²) >= 11 is 0. The third-order valence-electron chi connectivity index (χ3n) is 4.88. The van der Waals surface area contributed by atoms with Crippen molar-refractivity contribution >= 4 is 11.8 Å². The van der Waals surface area contributed by atoms with Crippen LogP contribution in [0.4, 0.5) is 11.8 Å². The van der Waals surface area contributed by atoms with Crippen LogP contribution in [0.3, 0.4) is 0 Å². The minimum Gasteiger partial charge on any atom is -0.349 e. The van der Waals surface area contributed by atoms with Crippen molar-refractivity contribution in [2.45, 2.75) is 38.1 Å². The van der Waals surface area contributed by atoms with E-state index in [4.69, 9.17) is 4.98 Å².